The second kappa shape index (κ2) is 11.3. The summed E-state index contributed by atoms with van der Waals surface area (Å²) in [5.74, 6) is 0.0684. The summed E-state index contributed by atoms with van der Waals surface area (Å²) in [7, 11) is 0. The van der Waals surface area contributed by atoms with Crippen LogP contribution in [-0.4, -0.2) is 79.7 Å². The lowest BCUT2D eigenvalue weighted by atomic mass is 9.98. The molecule has 0 atom stereocenters. The highest BCUT2D eigenvalue weighted by Gasteiger charge is 2.31. The van der Waals surface area contributed by atoms with E-state index in [1.165, 1.54) is 24.3 Å². The average Bonchev–Trinajstić information content (AvgIpc) is 2.77. The van der Waals surface area contributed by atoms with Crippen LogP contribution in [0, 0.1) is 5.82 Å². The molecule has 2 aliphatic rings. The van der Waals surface area contributed by atoms with E-state index in [1.807, 2.05) is 4.90 Å². The van der Waals surface area contributed by atoms with Crippen LogP contribution in [0.3, 0.4) is 0 Å². The summed E-state index contributed by atoms with van der Waals surface area (Å²) in [5.41, 5.74) is 0. The van der Waals surface area contributed by atoms with E-state index >= 15 is 0 Å². The zero-order chi connectivity index (χ0) is 21.3. The van der Waals surface area contributed by atoms with Crippen molar-refractivity contribution in [2.45, 2.75) is 44.7 Å². The van der Waals surface area contributed by atoms with Crippen molar-refractivity contribution in [2.24, 2.45) is 0 Å². The maximum Gasteiger partial charge on any atom is 0.257 e. The number of likely N-dealkylation sites (tertiary alicyclic amines) is 1. The van der Waals surface area contributed by atoms with Crippen LogP contribution in [0.25, 0.3) is 0 Å². The van der Waals surface area contributed by atoms with Gasteiger partial charge in [0.15, 0.2) is 6.61 Å². The fourth-order valence-corrected chi connectivity index (χ4v) is 4.25. The summed E-state index contributed by atoms with van der Waals surface area (Å²) >= 11 is 0. The molecule has 2 amide bonds. The van der Waals surface area contributed by atoms with Crippen LogP contribution in [0.2, 0.25) is 0 Å². The lowest BCUT2D eigenvalue weighted by Gasteiger charge is -2.43. The highest BCUT2D eigenvalue weighted by atomic mass is 19.1. The minimum Gasteiger partial charge on any atom is -0.484 e. The Morgan fingerprint density at radius 3 is 2.40 bits per heavy atom. The molecule has 30 heavy (non-hydrogen) atoms. The lowest BCUT2D eigenvalue weighted by molar-refractivity contribution is -0.130. The van der Waals surface area contributed by atoms with Crippen LogP contribution in [0.5, 0.6) is 5.75 Å². The number of carbonyl (C=O) groups is 2. The fraction of sp³-hybridized carbons (Fsp3) is 0.636. The second-order valence-electron chi connectivity index (χ2n) is 7.91. The maximum atomic E-state index is 12.9. The van der Waals surface area contributed by atoms with Crippen molar-refractivity contribution in [2.75, 3.05) is 46.0 Å². The number of halogens is 1. The van der Waals surface area contributed by atoms with Crippen molar-refractivity contribution in [1.82, 2.24) is 15.1 Å². The average molecular weight is 422 g/mol. The summed E-state index contributed by atoms with van der Waals surface area (Å²) in [6.45, 7) is 5.94. The molecule has 0 aromatic heterocycles. The third-order valence-electron chi connectivity index (χ3n) is 5.91. The third-order valence-corrected chi connectivity index (χ3v) is 5.91. The molecule has 166 valence electrons. The first kappa shape index (κ1) is 22.5. The summed E-state index contributed by atoms with van der Waals surface area (Å²) in [5, 5.41) is 2.92. The molecule has 2 saturated heterocycles. The Kier molecular flexibility index (Phi) is 8.45. The summed E-state index contributed by atoms with van der Waals surface area (Å²) in [4.78, 5) is 28.2. The minimum atomic E-state index is -0.339. The van der Waals surface area contributed by atoms with Gasteiger partial charge in [0.1, 0.15) is 11.6 Å². The number of piperidine rings is 1. The Hall–Kier alpha value is -2.19. The van der Waals surface area contributed by atoms with Gasteiger partial charge in [0.2, 0.25) is 5.91 Å². The molecule has 2 fully saturated rings. The molecule has 1 aromatic carbocycles. The highest BCUT2D eigenvalue weighted by molar-refractivity contribution is 5.77. The van der Waals surface area contributed by atoms with E-state index in [2.05, 4.69) is 10.2 Å². The number of carbonyl (C=O) groups excluding carboxylic acids is 2. The molecule has 2 aliphatic heterocycles. The van der Waals surface area contributed by atoms with Crippen LogP contribution in [0.4, 0.5) is 4.39 Å². The Balaban J connectivity index is 1.46. The van der Waals surface area contributed by atoms with Gasteiger partial charge in [-0.25, -0.2) is 4.39 Å². The molecule has 0 unspecified atom stereocenters. The molecular weight excluding hydrogens is 389 g/mol. The van der Waals surface area contributed by atoms with Crippen LogP contribution < -0.4 is 10.1 Å². The van der Waals surface area contributed by atoms with E-state index in [4.69, 9.17) is 9.47 Å². The first-order valence-electron chi connectivity index (χ1n) is 10.8. The van der Waals surface area contributed by atoms with Gasteiger partial charge in [-0.3, -0.25) is 14.5 Å². The smallest absolute Gasteiger partial charge is 0.257 e. The van der Waals surface area contributed by atoms with Crippen LogP contribution >= 0.6 is 0 Å². The van der Waals surface area contributed by atoms with Crippen molar-refractivity contribution < 1.29 is 23.5 Å². The molecule has 1 aromatic rings. The van der Waals surface area contributed by atoms with Gasteiger partial charge in [0, 0.05) is 58.4 Å². The van der Waals surface area contributed by atoms with Crippen molar-refractivity contribution in [1.29, 1.82) is 0 Å². The first-order chi connectivity index (χ1) is 14.5. The van der Waals surface area contributed by atoms with E-state index in [0.29, 0.717) is 24.4 Å². The predicted octanol–water partition coefficient (Wildman–Crippen LogP) is 1.81. The van der Waals surface area contributed by atoms with Crippen LogP contribution in [0.1, 0.15) is 32.6 Å². The molecular formula is C22H32FN3O4. The van der Waals surface area contributed by atoms with Crippen LogP contribution in [0.15, 0.2) is 24.3 Å². The SMILES string of the molecule is CC(=O)N1CCC(N(CCNC(=O)COc2ccc(F)cc2)C2CCOCC2)CC1. The number of amides is 2. The second-order valence-corrected chi connectivity index (χ2v) is 7.91. The molecule has 2 heterocycles. The monoisotopic (exact) mass is 421 g/mol. The number of nitrogens with zero attached hydrogens (tertiary/aromatic N) is 2. The molecule has 0 saturated carbocycles. The van der Waals surface area contributed by atoms with E-state index in [0.717, 1.165) is 58.5 Å². The Morgan fingerprint density at radius 1 is 1.13 bits per heavy atom. The number of benzene rings is 1. The van der Waals surface area contributed by atoms with Gasteiger partial charge in [0.05, 0.1) is 0 Å². The molecule has 0 bridgehead atoms. The van der Waals surface area contributed by atoms with Crippen molar-refractivity contribution in [3.05, 3.63) is 30.1 Å². The first-order valence-corrected chi connectivity index (χ1v) is 10.8. The molecule has 0 aliphatic carbocycles. The van der Waals surface area contributed by atoms with Gasteiger partial charge < -0.3 is 19.7 Å². The zero-order valence-electron chi connectivity index (χ0n) is 17.6. The Bertz CT molecular complexity index is 686. The van der Waals surface area contributed by atoms with Crippen molar-refractivity contribution in [3.63, 3.8) is 0 Å². The summed E-state index contributed by atoms with van der Waals surface area (Å²) in [6, 6.07) is 6.47. The number of nitrogens with one attached hydrogen (secondary N) is 1. The van der Waals surface area contributed by atoms with Crippen molar-refractivity contribution in [3.8, 4) is 5.75 Å². The van der Waals surface area contributed by atoms with Crippen LogP contribution in [-0.2, 0) is 14.3 Å². The van der Waals surface area contributed by atoms with E-state index < -0.39 is 0 Å². The lowest BCUT2D eigenvalue weighted by Crippen LogP contribution is -2.53. The maximum absolute atomic E-state index is 12.9. The number of ether oxygens (including phenoxy) is 2. The number of hydrogen-bond donors (Lipinski definition) is 1. The molecule has 0 spiro atoms. The normalized spacial score (nSPS) is 18.4. The molecule has 1 N–H and O–H groups in total. The molecule has 0 radical (unpaired) electrons. The molecule has 3 rings (SSSR count). The largest absolute Gasteiger partial charge is 0.484 e. The van der Waals surface area contributed by atoms with Gasteiger partial charge in [-0.2, -0.15) is 0 Å². The number of rotatable bonds is 8. The summed E-state index contributed by atoms with van der Waals surface area (Å²) < 4.78 is 23.9. The predicted molar refractivity (Wildman–Crippen MR) is 111 cm³/mol. The summed E-state index contributed by atoms with van der Waals surface area (Å²) in [6.07, 6.45) is 3.90. The van der Waals surface area contributed by atoms with E-state index in [-0.39, 0.29) is 24.2 Å². The quantitative estimate of drug-likeness (QED) is 0.693. The van der Waals surface area contributed by atoms with Gasteiger partial charge in [0.25, 0.3) is 5.91 Å². The van der Waals surface area contributed by atoms with Gasteiger partial charge >= 0.3 is 0 Å². The molecule has 7 nitrogen and oxygen atoms in total. The zero-order valence-corrected chi connectivity index (χ0v) is 17.6. The Morgan fingerprint density at radius 2 is 1.77 bits per heavy atom. The highest BCUT2D eigenvalue weighted by Crippen LogP contribution is 2.23. The Labute approximate surface area is 177 Å². The van der Waals surface area contributed by atoms with Crippen molar-refractivity contribution >= 4 is 11.8 Å². The van der Waals surface area contributed by atoms with E-state index in [9.17, 15) is 14.0 Å². The molecule has 8 heteroatoms. The fourth-order valence-electron chi connectivity index (χ4n) is 4.25. The third kappa shape index (κ3) is 6.67. The standard InChI is InChI=1S/C22H32FN3O4/c1-17(27)25-11-6-19(7-12-25)26(20-8-14-29-15-9-20)13-10-24-22(28)16-30-21-4-2-18(23)3-5-21/h2-5,19-20H,6-16H2,1H3,(H,24,28). The number of hydrogen-bond acceptors (Lipinski definition) is 5. The minimum absolute atomic E-state index is 0.0973. The van der Waals surface area contributed by atoms with Gasteiger partial charge in [-0.05, 0) is 49.9 Å². The topological polar surface area (TPSA) is 71.1 Å². The van der Waals surface area contributed by atoms with Gasteiger partial charge in [-0.1, -0.05) is 0 Å². The van der Waals surface area contributed by atoms with Gasteiger partial charge in [-0.15, -0.1) is 0 Å². The van der Waals surface area contributed by atoms with E-state index in [1.54, 1.807) is 6.92 Å².